The molecule has 11 aromatic rings. The third-order valence-corrected chi connectivity index (χ3v) is 17.0. The Morgan fingerprint density at radius 1 is 0.379 bits per heavy atom. The van der Waals surface area contributed by atoms with Crippen molar-refractivity contribution in [2.75, 3.05) is 0 Å². The van der Waals surface area contributed by atoms with Crippen molar-refractivity contribution in [3.05, 3.63) is 212 Å². The van der Waals surface area contributed by atoms with Crippen LogP contribution in [-0.2, 0) is 0 Å². The van der Waals surface area contributed by atoms with E-state index in [1.165, 1.54) is 53.7 Å². The molecule has 0 amide bonds. The number of aromatic nitrogens is 1. The number of hydrogen-bond donors (Lipinski definition) is 0. The average molecular weight is 758 g/mol. The first-order chi connectivity index (χ1) is 28.8. The molecule has 0 aliphatic carbocycles. The van der Waals surface area contributed by atoms with Gasteiger partial charge in [0, 0.05) is 32.8 Å². The van der Waals surface area contributed by atoms with Gasteiger partial charge in [-0.3, -0.25) is 0 Å². The molecule has 1 unspecified atom stereocenters. The molecule has 0 fully saturated rings. The summed E-state index contributed by atoms with van der Waals surface area (Å²) in [6.45, 7) is 0. The number of nitrogens with zero attached hydrogens (tertiary/aromatic N) is 1. The Kier molecular flexibility index (Phi) is 7.25. The number of furan rings is 1. The number of hydrogen-bond acceptors (Lipinski definition) is 2. The molecular formula is C54H35NO2Si. The molecule has 3 nitrogen and oxygen atoms in total. The summed E-state index contributed by atoms with van der Waals surface area (Å²) < 4.78 is 15.9. The maximum Gasteiger partial charge on any atom is 0.188 e. The number of ether oxygens (including phenoxy) is 1. The second-order valence-electron chi connectivity index (χ2n) is 15.2. The van der Waals surface area contributed by atoms with E-state index in [1.54, 1.807) is 0 Å². The van der Waals surface area contributed by atoms with Gasteiger partial charge >= 0.3 is 0 Å². The van der Waals surface area contributed by atoms with Crippen molar-refractivity contribution in [3.8, 4) is 39.4 Å². The van der Waals surface area contributed by atoms with Crippen LogP contribution in [0.3, 0.4) is 0 Å². The summed E-state index contributed by atoms with van der Waals surface area (Å²) in [7, 11) is -2.98. The van der Waals surface area contributed by atoms with Crippen LogP contribution in [0.15, 0.2) is 217 Å². The number of para-hydroxylation sites is 5. The highest BCUT2D eigenvalue weighted by Gasteiger charge is 2.48. The van der Waals surface area contributed by atoms with Crippen LogP contribution in [0.5, 0.6) is 11.5 Å². The summed E-state index contributed by atoms with van der Waals surface area (Å²) in [5.41, 5.74) is 9.84. The lowest BCUT2D eigenvalue weighted by molar-refractivity contribution is 0.487. The van der Waals surface area contributed by atoms with Crippen LogP contribution >= 0.6 is 0 Å². The lowest BCUT2D eigenvalue weighted by Gasteiger charge is -2.40. The van der Waals surface area contributed by atoms with Gasteiger partial charge in [-0.25, -0.2) is 0 Å². The van der Waals surface area contributed by atoms with Gasteiger partial charge in [0.2, 0.25) is 0 Å². The van der Waals surface area contributed by atoms with Crippen LogP contribution in [0.25, 0.3) is 71.7 Å². The first-order valence-corrected chi connectivity index (χ1v) is 21.8. The lowest BCUT2D eigenvalue weighted by Crippen LogP contribution is -2.76. The summed E-state index contributed by atoms with van der Waals surface area (Å²) >= 11 is 0. The Bertz CT molecular complexity index is 3310. The van der Waals surface area contributed by atoms with Crippen LogP contribution in [0.2, 0.25) is 0 Å². The van der Waals surface area contributed by atoms with Gasteiger partial charge in [-0.2, -0.15) is 0 Å². The smallest absolute Gasteiger partial charge is 0.188 e. The zero-order valence-electron chi connectivity index (χ0n) is 31.5. The fraction of sp³-hybridized carbons (Fsp3) is 0. The predicted molar refractivity (Wildman–Crippen MR) is 243 cm³/mol. The van der Waals surface area contributed by atoms with E-state index >= 15 is 0 Å². The third kappa shape index (κ3) is 4.79. The van der Waals surface area contributed by atoms with Crippen molar-refractivity contribution >= 4 is 72.6 Å². The van der Waals surface area contributed by atoms with Crippen molar-refractivity contribution in [1.29, 1.82) is 0 Å². The summed E-state index contributed by atoms with van der Waals surface area (Å²) in [6, 6.07) is 77.0. The van der Waals surface area contributed by atoms with Gasteiger partial charge in [0.15, 0.2) is 8.07 Å². The van der Waals surface area contributed by atoms with Gasteiger partial charge < -0.3 is 13.7 Å². The first-order valence-electron chi connectivity index (χ1n) is 19.8. The highest BCUT2D eigenvalue weighted by atomic mass is 28.3. The zero-order valence-corrected chi connectivity index (χ0v) is 32.5. The van der Waals surface area contributed by atoms with E-state index in [0.29, 0.717) is 0 Å². The number of fused-ring (bicyclic) bond motifs is 8. The highest BCUT2D eigenvalue weighted by Crippen LogP contribution is 2.39. The van der Waals surface area contributed by atoms with E-state index in [2.05, 4.69) is 205 Å². The van der Waals surface area contributed by atoms with Gasteiger partial charge in [-0.05, 0) is 79.9 Å². The lowest BCUT2D eigenvalue weighted by atomic mass is 10.0. The summed E-state index contributed by atoms with van der Waals surface area (Å²) in [5.74, 6) is 1.79. The number of benzene rings is 9. The molecule has 0 saturated heterocycles. The third-order valence-electron chi connectivity index (χ3n) is 12.2. The largest absolute Gasteiger partial charge is 0.458 e. The normalized spacial score (nSPS) is 14.8. The van der Waals surface area contributed by atoms with Crippen molar-refractivity contribution in [3.63, 3.8) is 0 Å². The SMILES string of the molecule is c1ccc(-c2ccc([Si]3(c4ccc(-n5c6ccccc6c6ccccc65)cc4)c4ccccc4Oc4cc(-c5cccc6c5oc5ccccc56)ccc43)cc2)cc1. The zero-order chi connectivity index (χ0) is 38.2. The van der Waals surface area contributed by atoms with Crippen LogP contribution in [0.1, 0.15) is 0 Å². The van der Waals surface area contributed by atoms with Gasteiger partial charge in [0.05, 0.1) is 11.0 Å². The quantitative estimate of drug-likeness (QED) is 0.164. The summed E-state index contributed by atoms with van der Waals surface area (Å²) in [5, 5.41) is 9.82. The van der Waals surface area contributed by atoms with Gasteiger partial charge in [-0.1, -0.05) is 170 Å². The molecule has 0 bridgehead atoms. The van der Waals surface area contributed by atoms with E-state index in [1.807, 2.05) is 12.1 Å². The van der Waals surface area contributed by atoms with Gasteiger partial charge in [0.1, 0.15) is 22.7 Å². The second-order valence-corrected chi connectivity index (χ2v) is 18.9. The van der Waals surface area contributed by atoms with Gasteiger partial charge in [0.25, 0.3) is 0 Å². The summed E-state index contributed by atoms with van der Waals surface area (Å²) in [6.07, 6.45) is 0. The van der Waals surface area contributed by atoms with Crippen molar-refractivity contribution in [2.24, 2.45) is 0 Å². The maximum absolute atomic E-state index is 6.98. The fourth-order valence-electron chi connectivity index (χ4n) is 9.58. The molecule has 3 heterocycles. The van der Waals surface area contributed by atoms with E-state index < -0.39 is 8.07 Å². The summed E-state index contributed by atoms with van der Waals surface area (Å²) in [4.78, 5) is 0. The molecule has 2 aromatic heterocycles. The Morgan fingerprint density at radius 2 is 0.948 bits per heavy atom. The Labute approximate surface area is 336 Å². The van der Waals surface area contributed by atoms with Crippen molar-refractivity contribution in [1.82, 2.24) is 4.57 Å². The fourth-order valence-corrected chi connectivity index (χ4v) is 14.5. The molecule has 9 aromatic carbocycles. The molecule has 4 heteroatoms. The monoisotopic (exact) mass is 757 g/mol. The Hall–Kier alpha value is -7.40. The minimum atomic E-state index is -2.98. The number of rotatable bonds is 5. The van der Waals surface area contributed by atoms with E-state index in [9.17, 15) is 0 Å². The Morgan fingerprint density at radius 3 is 1.71 bits per heavy atom. The molecule has 58 heavy (non-hydrogen) atoms. The van der Waals surface area contributed by atoms with Crippen LogP contribution in [0, 0.1) is 0 Å². The molecule has 1 aliphatic rings. The molecule has 1 aliphatic heterocycles. The molecule has 0 spiro atoms. The molecular weight excluding hydrogens is 723 g/mol. The van der Waals surface area contributed by atoms with Crippen molar-refractivity contribution < 1.29 is 9.15 Å². The van der Waals surface area contributed by atoms with E-state index in [0.717, 1.165) is 50.3 Å². The molecule has 272 valence electrons. The first kappa shape index (κ1) is 32.8. The van der Waals surface area contributed by atoms with Crippen molar-refractivity contribution in [2.45, 2.75) is 0 Å². The second kappa shape index (κ2) is 12.8. The average Bonchev–Trinajstić information content (AvgIpc) is 3.85. The maximum atomic E-state index is 6.98. The molecule has 1 atom stereocenters. The minimum absolute atomic E-state index is 0.884. The predicted octanol–water partition coefficient (Wildman–Crippen LogP) is 11.5. The van der Waals surface area contributed by atoms with E-state index in [-0.39, 0.29) is 0 Å². The van der Waals surface area contributed by atoms with Crippen LogP contribution in [0.4, 0.5) is 0 Å². The van der Waals surface area contributed by atoms with Crippen LogP contribution in [-0.4, -0.2) is 12.6 Å². The molecule has 0 N–H and O–H groups in total. The highest BCUT2D eigenvalue weighted by molar-refractivity contribution is 7.20. The van der Waals surface area contributed by atoms with Gasteiger partial charge in [-0.15, -0.1) is 0 Å². The van der Waals surface area contributed by atoms with Crippen LogP contribution < -0.4 is 25.5 Å². The molecule has 0 saturated carbocycles. The van der Waals surface area contributed by atoms with E-state index in [4.69, 9.17) is 9.15 Å². The topological polar surface area (TPSA) is 27.3 Å². The Balaban J connectivity index is 1.09. The molecule has 12 rings (SSSR count). The standard InChI is InChI=1S/C54H35NO2Si/c1-2-13-36(14-3-1)37-25-30-40(31-26-37)58(41-32-28-39(29-33-41)55-47-20-7-4-15-43(47)44-16-5-8-21-48(44)55)52-24-11-10-23-50(52)56-51-35-38(27-34-53(51)58)42-18-12-19-46-45-17-6-9-22-49(45)57-54(42)46/h1-35H. The minimum Gasteiger partial charge on any atom is -0.458 e. The molecule has 0 radical (unpaired) electrons.